The van der Waals surface area contributed by atoms with Gasteiger partial charge in [0, 0.05) is 25.3 Å². The van der Waals surface area contributed by atoms with Crippen LogP contribution in [-0.4, -0.2) is 29.3 Å². The summed E-state index contributed by atoms with van der Waals surface area (Å²) >= 11 is 0. The fourth-order valence-corrected chi connectivity index (χ4v) is 3.42. The van der Waals surface area contributed by atoms with E-state index in [4.69, 9.17) is 5.11 Å². The highest BCUT2D eigenvalue weighted by Gasteiger charge is 2.06. The van der Waals surface area contributed by atoms with E-state index in [0.717, 1.165) is 38.4 Å². The lowest BCUT2D eigenvalue weighted by Gasteiger charge is -2.12. The van der Waals surface area contributed by atoms with Crippen LogP contribution in [0.25, 0.3) is 0 Å². The minimum atomic E-state index is -0.678. The van der Waals surface area contributed by atoms with E-state index < -0.39 is 5.97 Å². The third-order valence-corrected chi connectivity index (χ3v) is 5.17. The van der Waals surface area contributed by atoms with Crippen LogP contribution in [0, 0.1) is 0 Å². The summed E-state index contributed by atoms with van der Waals surface area (Å²) in [5.74, 6) is -0.567. The number of nitrogens with one attached hydrogen (secondary N) is 1. The van der Waals surface area contributed by atoms with Gasteiger partial charge in [-0.05, 0) is 26.2 Å². The van der Waals surface area contributed by atoms with E-state index in [-0.39, 0.29) is 11.9 Å². The maximum absolute atomic E-state index is 11.8. The predicted molar refractivity (Wildman–Crippen MR) is 114 cm³/mol. The highest BCUT2D eigenvalue weighted by Crippen LogP contribution is 2.13. The Kier molecular flexibility index (Phi) is 19.3. The fourth-order valence-electron chi connectivity index (χ4n) is 3.42. The first-order valence-corrected chi connectivity index (χ1v) is 11.5. The Morgan fingerprint density at radius 2 is 1.14 bits per heavy atom. The summed E-state index contributed by atoms with van der Waals surface area (Å²) < 4.78 is 0. The molecule has 0 spiro atoms. The molecule has 28 heavy (non-hydrogen) atoms. The van der Waals surface area contributed by atoms with Gasteiger partial charge in [-0.15, -0.1) is 0 Å². The molecule has 1 unspecified atom stereocenters. The molecule has 0 fully saturated rings. The topological polar surface area (TPSA) is 83.5 Å². The molecule has 0 saturated heterocycles. The van der Waals surface area contributed by atoms with E-state index in [2.05, 4.69) is 5.32 Å². The minimum Gasteiger partial charge on any atom is -0.481 e. The molecule has 5 nitrogen and oxygen atoms in total. The Morgan fingerprint density at radius 1 is 0.750 bits per heavy atom. The molecule has 0 aliphatic heterocycles. The van der Waals surface area contributed by atoms with E-state index in [9.17, 15) is 14.4 Å². The van der Waals surface area contributed by atoms with Gasteiger partial charge >= 0.3 is 5.97 Å². The van der Waals surface area contributed by atoms with Crippen LogP contribution >= 0.6 is 0 Å². The number of hydrogen-bond donors (Lipinski definition) is 2. The standard InChI is InChI=1S/C23H43NO4/c1-21(17-16-20-25)24-22(26)18-14-12-10-8-6-4-2-3-5-7-9-11-13-15-19-23(27)28/h20-21H,2-19H2,1H3,(H,24,26)(H,27,28). The van der Waals surface area contributed by atoms with Gasteiger partial charge in [0.15, 0.2) is 0 Å². The SMILES string of the molecule is CC(CCC=O)NC(=O)CCCCCCCCCCCCCCCCC(=O)O. The molecule has 2 N–H and O–H groups in total. The Hall–Kier alpha value is -1.39. The van der Waals surface area contributed by atoms with Crippen molar-refractivity contribution in [2.24, 2.45) is 0 Å². The summed E-state index contributed by atoms with van der Waals surface area (Å²) in [5, 5.41) is 11.5. The number of carboxylic acid groups (broad SMARTS) is 1. The van der Waals surface area contributed by atoms with Crippen LogP contribution in [0.1, 0.15) is 122 Å². The third-order valence-electron chi connectivity index (χ3n) is 5.17. The van der Waals surface area contributed by atoms with Crippen LogP contribution in [0.4, 0.5) is 0 Å². The second kappa shape index (κ2) is 20.3. The van der Waals surface area contributed by atoms with Crippen molar-refractivity contribution in [3.8, 4) is 0 Å². The van der Waals surface area contributed by atoms with Gasteiger partial charge in [0.1, 0.15) is 6.29 Å². The van der Waals surface area contributed by atoms with Gasteiger partial charge in [0.25, 0.3) is 0 Å². The van der Waals surface area contributed by atoms with E-state index >= 15 is 0 Å². The van der Waals surface area contributed by atoms with E-state index in [0.29, 0.717) is 19.3 Å². The third kappa shape index (κ3) is 20.9. The molecule has 0 saturated carbocycles. The van der Waals surface area contributed by atoms with Gasteiger partial charge in [-0.25, -0.2) is 0 Å². The predicted octanol–water partition coefficient (Wildman–Crippen LogP) is 5.80. The molecule has 0 bridgehead atoms. The van der Waals surface area contributed by atoms with E-state index in [1.54, 1.807) is 0 Å². The summed E-state index contributed by atoms with van der Waals surface area (Å²) in [6, 6.07) is 0.0923. The number of carboxylic acids is 1. The lowest BCUT2D eigenvalue weighted by molar-refractivity contribution is -0.137. The Morgan fingerprint density at radius 3 is 1.54 bits per heavy atom. The molecule has 0 rings (SSSR count). The lowest BCUT2D eigenvalue weighted by atomic mass is 10.0. The molecular weight excluding hydrogens is 354 g/mol. The largest absolute Gasteiger partial charge is 0.481 e. The Labute approximate surface area is 172 Å². The monoisotopic (exact) mass is 397 g/mol. The van der Waals surface area contributed by atoms with Gasteiger partial charge in [-0.3, -0.25) is 9.59 Å². The average Bonchev–Trinajstić information content (AvgIpc) is 2.65. The molecule has 0 aromatic rings. The zero-order valence-electron chi connectivity index (χ0n) is 18.1. The van der Waals surface area contributed by atoms with Crippen molar-refractivity contribution in [2.75, 3.05) is 0 Å². The molecule has 0 radical (unpaired) electrons. The minimum absolute atomic E-state index is 0.0923. The normalized spacial score (nSPS) is 11.9. The zero-order chi connectivity index (χ0) is 20.9. The first-order valence-electron chi connectivity index (χ1n) is 11.5. The summed E-state index contributed by atoms with van der Waals surface area (Å²) in [4.78, 5) is 32.5. The van der Waals surface area contributed by atoms with Crippen LogP contribution < -0.4 is 5.32 Å². The van der Waals surface area contributed by atoms with Crippen LogP contribution in [-0.2, 0) is 14.4 Å². The molecule has 0 aromatic heterocycles. The molecule has 5 heteroatoms. The Balaban J connectivity index is 3.20. The Bertz CT molecular complexity index is 398. The van der Waals surface area contributed by atoms with Gasteiger partial charge < -0.3 is 15.2 Å². The lowest BCUT2D eigenvalue weighted by Crippen LogP contribution is -2.32. The van der Waals surface area contributed by atoms with Crippen molar-refractivity contribution in [2.45, 2.75) is 129 Å². The highest BCUT2D eigenvalue weighted by molar-refractivity contribution is 5.76. The number of aldehydes is 1. The van der Waals surface area contributed by atoms with Crippen molar-refractivity contribution in [1.29, 1.82) is 0 Å². The second-order valence-electron chi connectivity index (χ2n) is 8.06. The number of aliphatic carboxylic acids is 1. The van der Waals surface area contributed by atoms with E-state index in [1.807, 2.05) is 6.92 Å². The zero-order valence-corrected chi connectivity index (χ0v) is 18.1. The van der Waals surface area contributed by atoms with Crippen LogP contribution in [0.15, 0.2) is 0 Å². The fraction of sp³-hybridized carbons (Fsp3) is 0.870. The average molecular weight is 398 g/mol. The summed E-state index contributed by atoms with van der Waals surface area (Å²) in [6.07, 6.45) is 19.7. The molecule has 1 atom stereocenters. The quantitative estimate of drug-likeness (QED) is 0.189. The first kappa shape index (κ1) is 26.6. The first-order chi connectivity index (χ1) is 13.6. The van der Waals surface area contributed by atoms with Crippen molar-refractivity contribution in [1.82, 2.24) is 5.32 Å². The number of amides is 1. The number of hydrogen-bond acceptors (Lipinski definition) is 3. The number of rotatable bonds is 21. The van der Waals surface area contributed by atoms with Gasteiger partial charge in [-0.1, -0.05) is 77.0 Å². The molecule has 164 valence electrons. The van der Waals surface area contributed by atoms with Crippen molar-refractivity contribution in [3.63, 3.8) is 0 Å². The molecule has 1 amide bonds. The molecular formula is C23H43NO4. The summed E-state index contributed by atoms with van der Waals surface area (Å²) in [6.45, 7) is 1.95. The van der Waals surface area contributed by atoms with Crippen molar-refractivity contribution >= 4 is 18.2 Å². The van der Waals surface area contributed by atoms with Crippen LogP contribution in [0.2, 0.25) is 0 Å². The summed E-state index contributed by atoms with van der Waals surface area (Å²) in [5.41, 5.74) is 0. The number of unbranched alkanes of at least 4 members (excludes halogenated alkanes) is 13. The van der Waals surface area contributed by atoms with Crippen LogP contribution in [0.5, 0.6) is 0 Å². The number of carbonyl (C=O) groups excluding carboxylic acids is 2. The molecule has 0 aliphatic carbocycles. The second-order valence-corrected chi connectivity index (χ2v) is 8.06. The van der Waals surface area contributed by atoms with Gasteiger partial charge in [-0.2, -0.15) is 0 Å². The summed E-state index contributed by atoms with van der Waals surface area (Å²) in [7, 11) is 0. The highest BCUT2D eigenvalue weighted by atomic mass is 16.4. The van der Waals surface area contributed by atoms with E-state index in [1.165, 1.54) is 64.2 Å². The van der Waals surface area contributed by atoms with Crippen LogP contribution in [0.3, 0.4) is 0 Å². The smallest absolute Gasteiger partial charge is 0.303 e. The maximum Gasteiger partial charge on any atom is 0.303 e. The van der Waals surface area contributed by atoms with Crippen molar-refractivity contribution in [3.05, 3.63) is 0 Å². The van der Waals surface area contributed by atoms with Crippen molar-refractivity contribution < 1.29 is 19.5 Å². The molecule has 0 aromatic carbocycles. The maximum atomic E-state index is 11.8. The van der Waals surface area contributed by atoms with Gasteiger partial charge in [0.05, 0.1) is 0 Å². The van der Waals surface area contributed by atoms with Gasteiger partial charge in [0.2, 0.25) is 5.91 Å². The molecule has 0 aliphatic rings. The molecule has 0 heterocycles. The number of carbonyl (C=O) groups is 3.